The minimum Gasteiger partial charge on any atom is -0.481 e. The molecular formula is C10H10N2O3S2. The molecule has 0 atom stereocenters. The second-order valence-corrected chi connectivity index (χ2v) is 4.95. The van der Waals surface area contributed by atoms with E-state index in [0.29, 0.717) is 13.0 Å². The molecule has 0 aromatic carbocycles. The average Bonchev–Trinajstić information content (AvgIpc) is 2.88. The highest BCUT2D eigenvalue weighted by atomic mass is 32.1. The predicted molar refractivity (Wildman–Crippen MR) is 66.6 cm³/mol. The third-order valence-corrected chi connectivity index (χ3v) is 3.60. The van der Waals surface area contributed by atoms with Crippen LogP contribution in [0.25, 0.3) is 11.4 Å². The lowest BCUT2D eigenvalue weighted by Gasteiger charge is -2.04. The van der Waals surface area contributed by atoms with Crippen LogP contribution in [0.4, 0.5) is 0 Å². The summed E-state index contributed by atoms with van der Waals surface area (Å²) < 4.78 is 1.59. The van der Waals surface area contributed by atoms with Gasteiger partial charge in [-0.2, -0.15) is 0 Å². The van der Waals surface area contributed by atoms with Crippen molar-refractivity contribution < 1.29 is 9.90 Å². The topological polar surface area (TPSA) is 72.2 Å². The highest BCUT2D eigenvalue weighted by Crippen LogP contribution is 2.20. The summed E-state index contributed by atoms with van der Waals surface area (Å²) in [7, 11) is 0. The van der Waals surface area contributed by atoms with Crippen LogP contribution in [0.3, 0.4) is 0 Å². The number of nitrogens with zero attached hydrogens (tertiary/aromatic N) is 2. The van der Waals surface area contributed by atoms with Crippen LogP contribution in [0, 0.1) is 0 Å². The van der Waals surface area contributed by atoms with Crippen LogP contribution in [-0.4, -0.2) is 20.6 Å². The summed E-state index contributed by atoms with van der Waals surface area (Å²) in [5.74, 6) is -0.844. The lowest BCUT2D eigenvalue weighted by Crippen LogP contribution is -2.15. The van der Waals surface area contributed by atoms with Gasteiger partial charge in [0.05, 0.1) is 16.9 Å². The third kappa shape index (κ3) is 2.80. The molecule has 0 spiro atoms. The van der Waals surface area contributed by atoms with Gasteiger partial charge in [-0.1, -0.05) is 11.3 Å². The Morgan fingerprint density at radius 3 is 2.94 bits per heavy atom. The molecule has 17 heavy (non-hydrogen) atoms. The highest BCUT2D eigenvalue weighted by molar-refractivity contribution is 7.08. The first kappa shape index (κ1) is 12.0. The molecule has 7 heteroatoms. The fraction of sp³-hybridized carbons (Fsp3) is 0.300. The first-order valence-corrected chi connectivity index (χ1v) is 6.79. The lowest BCUT2D eigenvalue weighted by atomic mass is 10.3. The van der Waals surface area contributed by atoms with E-state index < -0.39 is 5.97 Å². The summed E-state index contributed by atoms with van der Waals surface area (Å²) in [6.45, 7) is 0.418. The van der Waals surface area contributed by atoms with E-state index in [1.807, 2.05) is 5.38 Å². The van der Waals surface area contributed by atoms with Gasteiger partial charge in [-0.05, 0) is 6.42 Å². The van der Waals surface area contributed by atoms with E-state index in [-0.39, 0.29) is 11.3 Å². The van der Waals surface area contributed by atoms with E-state index >= 15 is 0 Å². The number of carboxylic acids is 1. The maximum Gasteiger partial charge on any atom is 0.307 e. The molecule has 0 aliphatic rings. The minimum atomic E-state index is -0.844. The molecule has 1 N–H and O–H groups in total. The molecule has 0 saturated carbocycles. The van der Waals surface area contributed by atoms with E-state index in [9.17, 15) is 9.59 Å². The van der Waals surface area contributed by atoms with Crippen molar-refractivity contribution in [1.82, 2.24) is 9.55 Å². The van der Waals surface area contributed by atoms with Crippen molar-refractivity contribution in [2.24, 2.45) is 0 Å². The number of aliphatic carboxylic acids is 1. The maximum absolute atomic E-state index is 11.6. The van der Waals surface area contributed by atoms with Crippen molar-refractivity contribution in [2.45, 2.75) is 19.4 Å². The zero-order valence-electron chi connectivity index (χ0n) is 8.83. The van der Waals surface area contributed by atoms with Gasteiger partial charge in [0.15, 0.2) is 0 Å². The Morgan fingerprint density at radius 1 is 1.47 bits per heavy atom. The van der Waals surface area contributed by atoms with Crippen molar-refractivity contribution in [1.29, 1.82) is 0 Å². The van der Waals surface area contributed by atoms with Crippen LogP contribution < -0.4 is 4.87 Å². The number of carboxylic acid groups (broad SMARTS) is 1. The number of hydrogen-bond donors (Lipinski definition) is 1. The Morgan fingerprint density at radius 2 is 2.29 bits per heavy atom. The SMILES string of the molecule is O=C(O)CCCn1c(-c2cscn2)csc1=O. The molecule has 2 aromatic rings. The molecule has 0 unspecified atom stereocenters. The second-order valence-electron chi connectivity index (χ2n) is 3.41. The molecular weight excluding hydrogens is 260 g/mol. The Bertz CT molecular complexity index is 556. The van der Waals surface area contributed by atoms with Gasteiger partial charge in [0.2, 0.25) is 0 Å². The van der Waals surface area contributed by atoms with E-state index in [1.165, 1.54) is 11.3 Å². The van der Waals surface area contributed by atoms with E-state index in [0.717, 1.165) is 22.7 Å². The fourth-order valence-electron chi connectivity index (χ4n) is 1.47. The van der Waals surface area contributed by atoms with E-state index in [2.05, 4.69) is 4.98 Å². The summed E-state index contributed by atoms with van der Waals surface area (Å²) in [5, 5.41) is 12.2. The zero-order chi connectivity index (χ0) is 12.3. The monoisotopic (exact) mass is 270 g/mol. The number of aromatic nitrogens is 2. The van der Waals surface area contributed by atoms with E-state index in [1.54, 1.807) is 15.5 Å². The number of hydrogen-bond acceptors (Lipinski definition) is 5. The van der Waals surface area contributed by atoms with Gasteiger partial charge in [-0.3, -0.25) is 14.2 Å². The Hall–Kier alpha value is -1.47. The molecule has 0 saturated heterocycles. The first-order chi connectivity index (χ1) is 8.18. The molecule has 2 heterocycles. The minimum absolute atomic E-state index is 0.0682. The molecule has 0 fully saturated rings. The Balaban J connectivity index is 2.19. The molecule has 2 rings (SSSR count). The van der Waals surface area contributed by atoms with Crippen molar-refractivity contribution in [3.8, 4) is 11.4 Å². The third-order valence-electron chi connectivity index (χ3n) is 2.25. The molecule has 5 nitrogen and oxygen atoms in total. The summed E-state index contributed by atoms with van der Waals surface area (Å²) in [6.07, 6.45) is 0.516. The fourth-order valence-corrected chi connectivity index (χ4v) is 2.79. The normalized spacial score (nSPS) is 10.6. The van der Waals surface area contributed by atoms with Crippen LogP contribution in [0.1, 0.15) is 12.8 Å². The summed E-state index contributed by atoms with van der Waals surface area (Å²) >= 11 is 2.58. The number of thiazole rings is 2. The lowest BCUT2D eigenvalue weighted by molar-refractivity contribution is -0.137. The number of rotatable bonds is 5. The van der Waals surface area contributed by atoms with Gasteiger partial charge in [0, 0.05) is 23.7 Å². The quantitative estimate of drug-likeness (QED) is 0.900. The first-order valence-electron chi connectivity index (χ1n) is 4.97. The molecule has 0 aliphatic carbocycles. The van der Waals surface area contributed by atoms with Gasteiger partial charge >= 0.3 is 10.8 Å². The second kappa shape index (κ2) is 5.24. The standard InChI is InChI=1S/C10H10N2O3S2/c13-9(14)2-1-3-12-8(5-17-10(12)15)7-4-16-6-11-7/h4-6H,1-3H2,(H,13,14). The highest BCUT2D eigenvalue weighted by Gasteiger charge is 2.10. The molecule has 0 radical (unpaired) electrons. The molecule has 0 amide bonds. The van der Waals surface area contributed by atoms with Gasteiger partial charge in [0.25, 0.3) is 0 Å². The van der Waals surface area contributed by atoms with Gasteiger partial charge in [-0.25, -0.2) is 4.98 Å². The van der Waals surface area contributed by atoms with Crippen LogP contribution in [0.2, 0.25) is 0 Å². The Kier molecular flexibility index (Phi) is 3.70. The Labute approximate surface area is 105 Å². The maximum atomic E-state index is 11.6. The number of carbonyl (C=O) groups is 1. The van der Waals surface area contributed by atoms with Crippen LogP contribution in [-0.2, 0) is 11.3 Å². The molecule has 2 aromatic heterocycles. The summed E-state index contributed by atoms with van der Waals surface area (Å²) in [6, 6.07) is 0. The summed E-state index contributed by atoms with van der Waals surface area (Å²) in [4.78, 5) is 26.1. The van der Waals surface area contributed by atoms with Crippen molar-refractivity contribution >= 4 is 28.6 Å². The molecule has 90 valence electrons. The molecule has 0 bridgehead atoms. The summed E-state index contributed by atoms with van der Waals surface area (Å²) in [5.41, 5.74) is 3.24. The van der Waals surface area contributed by atoms with Crippen molar-refractivity contribution in [3.05, 3.63) is 25.9 Å². The van der Waals surface area contributed by atoms with Gasteiger partial charge < -0.3 is 5.11 Å². The zero-order valence-corrected chi connectivity index (χ0v) is 10.5. The van der Waals surface area contributed by atoms with Crippen LogP contribution in [0.5, 0.6) is 0 Å². The van der Waals surface area contributed by atoms with Crippen molar-refractivity contribution in [2.75, 3.05) is 0 Å². The van der Waals surface area contributed by atoms with Crippen LogP contribution >= 0.6 is 22.7 Å². The van der Waals surface area contributed by atoms with Crippen molar-refractivity contribution in [3.63, 3.8) is 0 Å². The van der Waals surface area contributed by atoms with E-state index in [4.69, 9.17) is 5.11 Å². The predicted octanol–water partition coefficient (Wildman–Crippen LogP) is 1.90. The average molecular weight is 270 g/mol. The largest absolute Gasteiger partial charge is 0.481 e. The van der Waals surface area contributed by atoms with Crippen LogP contribution in [0.15, 0.2) is 21.1 Å². The van der Waals surface area contributed by atoms with Gasteiger partial charge in [0.1, 0.15) is 0 Å². The van der Waals surface area contributed by atoms with Gasteiger partial charge in [-0.15, -0.1) is 11.3 Å². The smallest absolute Gasteiger partial charge is 0.307 e. The molecule has 0 aliphatic heterocycles.